The Bertz CT molecular complexity index is 119. The van der Waals surface area contributed by atoms with Gasteiger partial charge in [-0.05, 0) is 13.3 Å². The number of aliphatic hydroxyl groups excluding tert-OH is 1. The van der Waals surface area contributed by atoms with E-state index in [1.165, 1.54) is 0 Å². The summed E-state index contributed by atoms with van der Waals surface area (Å²) in [5, 5.41) is 12.6. The molecule has 0 bridgehead atoms. The molecular formula is C8H17NO2. The number of aliphatic hydroxyl groups is 1. The van der Waals surface area contributed by atoms with Crippen LogP contribution in [0.25, 0.3) is 0 Å². The summed E-state index contributed by atoms with van der Waals surface area (Å²) in [4.78, 5) is 0. The summed E-state index contributed by atoms with van der Waals surface area (Å²) in [5.74, 6) is 0. The van der Waals surface area contributed by atoms with E-state index in [-0.39, 0.29) is 12.1 Å². The zero-order valence-corrected chi connectivity index (χ0v) is 7.21. The van der Waals surface area contributed by atoms with Gasteiger partial charge in [0, 0.05) is 6.04 Å². The van der Waals surface area contributed by atoms with Gasteiger partial charge in [0.1, 0.15) is 0 Å². The number of ether oxygens (including phenoxy) is 1. The lowest BCUT2D eigenvalue weighted by Gasteiger charge is -2.19. The maximum absolute atomic E-state index is 9.35. The molecule has 3 heteroatoms. The lowest BCUT2D eigenvalue weighted by molar-refractivity contribution is 0.121. The van der Waals surface area contributed by atoms with Gasteiger partial charge in [0.15, 0.2) is 0 Å². The van der Waals surface area contributed by atoms with Gasteiger partial charge >= 0.3 is 0 Å². The summed E-state index contributed by atoms with van der Waals surface area (Å²) >= 11 is 0. The molecule has 0 saturated carbocycles. The smallest absolute Gasteiger partial charge is 0.0948 e. The molecule has 1 aliphatic rings. The Labute approximate surface area is 67.7 Å². The minimum absolute atomic E-state index is 0.143. The van der Waals surface area contributed by atoms with Crippen LogP contribution in [0.15, 0.2) is 0 Å². The standard InChI is InChI=1S/C8H17NO2/c1-3-6(2)9-7-4-11-5-8(7)10/h6-10H,3-5H2,1-2H3. The number of hydrogen-bond donors (Lipinski definition) is 2. The largest absolute Gasteiger partial charge is 0.389 e. The van der Waals surface area contributed by atoms with Crippen molar-refractivity contribution in [3.8, 4) is 0 Å². The summed E-state index contributed by atoms with van der Waals surface area (Å²) < 4.78 is 5.10. The maximum atomic E-state index is 9.35. The van der Waals surface area contributed by atoms with Crippen molar-refractivity contribution in [1.82, 2.24) is 5.32 Å². The van der Waals surface area contributed by atoms with Crippen molar-refractivity contribution in [2.45, 2.75) is 38.5 Å². The highest BCUT2D eigenvalue weighted by molar-refractivity contribution is 4.82. The van der Waals surface area contributed by atoms with Crippen LogP contribution in [0.5, 0.6) is 0 Å². The molecule has 0 amide bonds. The molecule has 1 heterocycles. The number of rotatable bonds is 3. The minimum Gasteiger partial charge on any atom is -0.389 e. The van der Waals surface area contributed by atoms with Gasteiger partial charge in [-0.3, -0.25) is 0 Å². The van der Waals surface area contributed by atoms with Gasteiger partial charge in [-0.1, -0.05) is 6.92 Å². The third-order valence-electron chi connectivity index (χ3n) is 2.16. The van der Waals surface area contributed by atoms with Crippen LogP contribution in [0.3, 0.4) is 0 Å². The lowest BCUT2D eigenvalue weighted by atomic mass is 10.1. The van der Waals surface area contributed by atoms with E-state index < -0.39 is 0 Å². The van der Waals surface area contributed by atoms with Gasteiger partial charge in [-0.25, -0.2) is 0 Å². The van der Waals surface area contributed by atoms with Crippen LogP contribution in [0.4, 0.5) is 0 Å². The Morgan fingerprint density at radius 2 is 2.36 bits per heavy atom. The summed E-state index contributed by atoms with van der Waals surface area (Å²) in [6, 6.07) is 0.612. The first kappa shape index (κ1) is 8.97. The van der Waals surface area contributed by atoms with Crippen LogP contribution in [0.2, 0.25) is 0 Å². The highest BCUT2D eigenvalue weighted by atomic mass is 16.5. The molecule has 0 aromatic rings. The van der Waals surface area contributed by atoms with E-state index in [9.17, 15) is 5.11 Å². The highest BCUT2D eigenvalue weighted by Crippen LogP contribution is 2.06. The van der Waals surface area contributed by atoms with E-state index >= 15 is 0 Å². The van der Waals surface area contributed by atoms with Crippen molar-refractivity contribution >= 4 is 0 Å². The second kappa shape index (κ2) is 4.04. The van der Waals surface area contributed by atoms with E-state index in [1.807, 2.05) is 0 Å². The summed E-state index contributed by atoms with van der Waals surface area (Å²) in [6.07, 6.45) is 0.771. The predicted octanol–water partition coefficient (Wildman–Crippen LogP) is 0.134. The van der Waals surface area contributed by atoms with Crippen molar-refractivity contribution in [3.63, 3.8) is 0 Å². The fourth-order valence-corrected chi connectivity index (χ4v) is 1.19. The third kappa shape index (κ3) is 2.43. The third-order valence-corrected chi connectivity index (χ3v) is 2.16. The second-order valence-electron chi connectivity index (χ2n) is 3.19. The first-order chi connectivity index (χ1) is 5.24. The van der Waals surface area contributed by atoms with Crippen molar-refractivity contribution in [2.75, 3.05) is 13.2 Å². The summed E-state index contributed by atoms with van der Waals surface area (Å²) in [5.41, 5.74) is 0. The van der Waals surface area contributed by atoms with E-state index in [2.05, 4.69) is 19.2 Å². The van der Waals surface area contributed by atoms with Gasteiger partial charge in [-0.15, -0.1) is 0 Å². The van der Waals surface area contributed by atoms with Gasteiger partial charge in [-0.2, -0.15) is 0 Å². The molecular weight excluding hydrogens is 142 g/mol. The summed E-state index contributed by atoms with van der Waals surface area (Å²) in [6.45, 7) is 5.37. The predicted molar refractivity (Wildman–Crippen MR) is 43.5 cm³/mol. The average molecular weight is 159 g/mol. The highest BCUT2D eigenvalue weighted by Gasteiger charge is 2.26. The van der Waals surface area contributed by atoms with Crippen molar-refractivity contribution in [3.05, 3.63) is 0 Å². The van der Waals surface area contributed by atoms with E-state index in [4.69, 9.17) is 4.74 Å². The van der Waals surface area contributed by atoms with Gasteiger partial charge in [0.05, 0.1) is 25.4 Å². The Balaban J connectivity index is 2.24. The number of hydrogen-bond acceptors (Lipinski definition) is 3. The van der Waals surface area contributed by atoms with Crippen LogP contribution in [-0.4, -0.2) is 36.5 Å². The fraction of sp³-hybridized carbons (Fsp3) is 1.00. The topological polar surface area (TPSA) is 41.5 Å². The molecule has 3 unspecified atom stereocenters. The molecule has 1 saturated heterocycles. The Morgan fingerprint density at radius 3 is 2.82 bits per heavy atom. The van der Waals surface area contributed by atoms with Crippen LogP contribution >= 0.6 is 0 Å². The molecule has 0 radical (unpaired) electrons. The maximum Gasteiger partial charge on any atom is 0.0948 e. The summed E-state index contributed by atoms with van der Waals surface area (Å²) in [7, 11) is 0. The Kier molecular flexibility index (Phi) is 3.30. The molecule has 11 heavy (non-hydrogen) atoms. The average Bonchev–Trinajstić information content (AvgIpc) is 2.37. The van der Waals surface area contributed by atoms with Gasteiger partial charge in [0.25, 0.3) is 0 Å². The zero-order valence-electron chi connectivity index (χ0n) is 7.21. The van der Waals surface area contributed by atoms with E-state index in [1.54, 1.807) is 0 Å². The molecule has 0 aromatic carbocycles. The molecule has 0 spiro atoms. The van der Waals surface area contributed by atoms with Gasteiger partial charge < -0.3 is 15.2 Å². The molecule has 0 aromatic heterocycles. The Morgan fingerprint density at radius 1 is 1.64 bits per heavy atom. The Hall–Kier alpha value is -0.120. The molecule has 2 N–H and O–H groups in total. The van der Waals surface area contributed by atoms with Crippen LogP contribution in [0, 0.1) is 0 Å². The molecule has 1 fully saturated rings. The lowest BCUT2D eigenvalue weighted by Crippen LogP contribution is -2.43. The van der Waals surface area contributed by atoms with E-state index in [0.717, 1.165) is 6.42 Å². The molecule has 1 rings (SSSR count). The first-order valence-electron chi connectivity index (χ1n) is 4.26. The zero-order chi connectivity index (χ0) is 8.27. The van der Waals surface area contributed by atoms with Crippen molar-refractivity contribution < 1.29 is 9.84 Å². The fourth-order valence-electron chi connectivity index (χ4n) is 1.19. The molecule has 1 aliphatic heterocycles. The molecule has 0 aliphatic carbocycles. The monoisotopic (exact) mass is 159 g/mol. The molecule has 3 atom stereocenters. The molecule has 66 valence electrons. The SMILES string of the molecule is CCC(C)NC1COCC1O. The first-order valence-corrected chi connectivity index (χ1v) is 4.26. The van der Waals surface area contributed by atoms with Gasteiger partial charge in [0.2, 0.25) is 0 Å². The van der Waals surface area contributed by atoms with Crippen LogP contribution < -0.4 is 5.32 Å². The quantitative estimate of drug-likeness (QED) is 0.615. The number of nitrogens with one attached hydrogen (secondary N) is 1. The van der Waals surface area contributed by atoms with Crippen LogP contribution in [-0.2, 0) is 4.74 Å². The molecule has 3 nitrogen and oxygen atoms in total. The normalized spacial score (nSPS) is 34.1. The second-order valence-corrected chi connectivity index (χ2v) is 3.19. The van der Waals surface area contributed by atoms with Crippen LogP contribution in [0.1, 0.15) is 20.3 Å². The van der Waals surface area contributed by atoms with Crippen molar-refractivity contribution in [1.29, 1.82) is 0 Å². The van der Waals surface area contributed by atoms with Crippen molar-refractivity contribution in [2.24, 2.45) is 0 Å². The van der Waals surface area contributed by atoms with E-state index in [0.29, 0.717) is 19.3 Å². The minimum atomic E-state index is -0.316.